The maximum absolute atomic E-state index is 13.1. The van der Waals surface area contributed by atoms with Crippen molar-refractivity contribution in [1.29, 1.82) is 0 Å². The summed E-state index contributed by atoms with van der Waals surface area (Å²) in [5.74, 6) is 3.15. The molecule has 0 unspecified atom stereocenters. The minimum absolute atomic E-state index is 0. The van der Waals surface area contributed by atoms with Crippen molar-refractivity contribution in [3.8, 4) is 5.69 Å². The molecule has 1 aromatic heterocycles. The molecule has 37 heavy (non-hydrogen) atoms. The van der Waals surface area contributed by atoms with Crippen LogP contribution in [0, 0.1) is 6.92 Å². The lowest BCUT2D eigenvalue weighted by Gasteiger charge is -2.44. The van der Waals surface area contributed by atoms with Gasteiger partial charge < -0.3 is 9.80 Å². The van der Waals surface area contributed by atoms with E-state index in [1.54, 1.807) is 0 Å². The maximum Gasteiger partial charge on any atom is 0.256 e. The summed E-state index contributed by atoms with van der Waals surface area (Å²) in [6.07, 6.45) is 8.65. The van der Waals surface area contributed by atoms with Crippen LogP contribution in [0.3, 0.4) is 0 Å². The van der Waals surface area contributed by atoms with Gasteiger partial charge in [0.2, 0.25) is 0 Å². The standard InChI is InChI=1S/C25H28ClN6OS.3ClH/c1-19-15-24(31(27-19)22-6-4-21(26)5-7-22)28-8-10-30(11-9-28)32-13-2-3-23(32)16-20(17-32)25(33)29-12-14-34-18-29;;;/h2-7,13,15-16H,8-12,14,17-18H2,1H3;3*1H/q+1;;;/t32-;;;/m1.../s1. The van der Waals surface area contributed by atoms with E-state index in [-0.39, 0.29) is 43.1 Å². The summed E-state index contributed by atoms with van der Waals surface area (Å²) in [5.41, 5.74) is 4.13. The summed E-state index contributed by atoms with van der Waals surface area (Å²) < 4.78 is 2.66. The number of benzene rings is 1. The van der Waals surface area contributed by atoms with E-state index in [2.05, 4.69) is 40.4 Å². The number of halogens is 4. The predicted molar refractivity (Wildman–Crippen MR) is 158 cm³/mol. The van der Waals surface area contributed by atoms with Gasteiger partial charge in [-0.05, 0) is 37.3 Å². The summed E-state index contributed by atoms with van der Waals surface area (Å²) in [7, 11) is 0. The number of piperazine rings is 1. The monoisotopic (exact) mass is 603 g/mol. The van der Waals surface area contributed by atoms with Crippen LogP contribution in [0.25, 0.3) is 5.69 Å². The van der Waals surface area contributed by atoms with Gasteiger partial charge >= 0.3 is 0 Å². The quantitative estimate of drug-likeness (QED) is 0.468. The molecule has 1 amide bonds. The third kappa shape index (κ3) is 5.43. The number of allylic oxidation sites excluding steroid dienone is 3. The van der Waals surface area contributed by atoms with Crippen molar-refractivity contribution in [3.63, 3.8) is 0 Å². The molecule has 2 fully saturated rings. The number of carbonyl (C=O) groups is 1. The first kappa shape index (κ1) is 29.9. The van der Waals surface area contributed by atoms with Crippen molar-refractivity contribution in [2.75, 3.05) is 55.8 Å². The van der Waals surface area contributed by atoms with E-state index < -0.39 is 0 Å². The van der Waals surface area contributed by atoms with E-state index in [0.29, 0.717) is 11.1 Å². The Morgan fingerprint density at radius 2 is 1.78 bits per heavy atom. The van der Waals surface area contributed by atoms with Crippen molar-refractivity contribution in [2.45, 2.75) is 6.92 Å². The van der Waals surface area contributed by atoms with Crippen LogP contribution in [0.5, 0.6) is 0 Å². The van der Waals surface area contributed by atoms with Gasteiger partial charge in [0.25, 0.3) is 5.91 Å². The third-order valence-corrected chi connectivity index (χ3v) is 8.28. The summed E-state index contributed by atoms with van der Waals surface area (Å²) in [6.45, 7) is 7.20. The lowest BCUT2D eigenvalue weighted by Crippen LogP contribution is -2.60. The van der Waals surface area contributed by atoms with E-state index in [1.165, 1.54) is 5.70 Å². The van der Waals surface area contributed by atoms with Crippen LogP contribution in [-0.4, -0.2) is 81.1 Å². The fraction of sp³-hybridized carbons (Fsp3) is 0.360. The van der Waals surface area contributed by atoms with E-state index in [0.717, 1.165) is 72.1 Å². The number of amides is 1. The van der Waals surface area contributed by atoms with Gasteiger partial charge in [0.1, 0.15) is 18.6 Å². The topological polar surface area (TPSA) is 44.6 Å². The number of thioether (sulfide) groups is 1. The zero-order chi connectivity index (χ0) is 23.3. The molecule has 0 radical (unpaired) electrons. The van der Waals surface area contributed by atoms with Crippen LogP contribution >= 0.6 is 60.6 Å². The van der Waals surface area contributed by atoms with Gasteiger partial charge in [0, 0.05) is 48.6 Å². The molecule has 6 rings (SSSR count). The summed E-state index contributed by atoms with van der Waals surface area (Å²) in [4.78, 5) is 17.5. The molecule has 200 valence electrons. The Labute approximate surface area is 245 Å². The molecule has 7 nitrogen and oxygen atoms in total. The lowest BCUT2D eigenvalue weighted by molar-refractivity contribution is -0.948. The molecule has 1 aromatic carbocycles. The highest BCUT2D eigenvalue weighted by atomic mass is 35.5. The summed E-state index contributed by atoms with van der Waals surface area (Å²) in [5, 5.41) is 7.96. The minimum atomic E-state index is 0. The van der Waals surface area contributed by atoms with Crippen molar-refractivity contribution in [3.05, 3.63) is 76.7 Å². The van der Waals surface area contributed by atoms with Crippen LogP contribution in [0.15, 0.2) is 66.0 Å². The number of fused-ring (bicyclic) bond motifs is 1. The number of hydrogen-bond donors (Lipinski definition) is 0. The largest absolute Gasteiger partial charge is 0.353 e. The highest BCUT2D eigenvalue weighted by Crippen LogP contribution is 2.38. The molecule has 5 heterocycles. The zero-order valence-electron chi connectivity index (χ0n) is 20.5. The third-order valence-electron chi connectivity index (χ3n) is 7.06. The smallest absolute Gasteiger partial charge is 0.256 e. The first-order valence-electron chi connectivity index (χ1n) is 11.7. The Bertz CT molecular complexity index is 1220. The molecule has 0 bridgehead atoms. The first-order chi connectivity index (χ1) is 16.5. The average Bonchev–Trinajstić information content (AvgIpc) is 3.63. The number of anilines is 1. The second kappa shape index (κ2) is 12.0. The summed E-state index contributed by atoms with van der Waals surface area (Å²) >= 11 is 7.93. The fourth-order valence-corrected chi connectivity index (χ4v) is 6.39. The maximum atomic E-state index is 13.1. The predicted octanol–water partition coefficient (Wildman–Crippen LogP) is 4.84. The molecular weight excluding hydrogens is 574 g/mol. The molecule has 0 aliphatic carbocycles. The van der Waals surface area contributed by atoms with Crippen molar-refractivity contribution < 1.29 is 9.39 Å². The van der Waals surface area contributed by atoms with Gasteiger partial charge in [0.05, 0.1) is 35.9 Å². The second-order valence-corrected chi connectivity index (χ2v) is 10.7. The van der Waals surface area contributed by atoms with E-state index in [1.807, 2.05) is 52.5 Å². The van der Waals surface area contributed by atoms with Gasteiger partial charge in [0.15, 0.2) is 5.70 Å². The Kier molecular flexibility index (Phi) is 9.72. The number of nitrogens with zero attached hydrogens (tertiary/aromatic N) is 6. The van der Waals surface area contributed by atoms with Gasteiger partial charge in [-0.2, -0.15) is 9.69 Å². The highest BCUT2D eigenvalue weighted by Gasteiger charge is 2.48. The number of aromatic nitrogens is 2. The zero-order valence-corrected chi connectivity index (χ0v) is 24.5. The van der Waals surface area contributed by atoms with Crippen LogP contribution < -0.4 is 4.90 Å². The van der Waals surface area contributed by atoms with Crippen molar-refractivity contribution in [2.24, 2.45) is 0 Å². The van der Waals surface area contributed by atoms with Crippen LogP contribution in [0.1, 0.15) is 5.69 Å². The number of aryl methyl sites for hydroxylation is 1. The number of quaternary nitrogens is 1. The number of hydrogen-bond acceptors (Lipinski definition) is 5. The van der Waals surface area contributed by atoms with Gasteiger partial charge in [-0.25, -0.2) is 4.68 Å². The second-order valence-electron chi connectivity index (χ2n) is 9.17. The van der Waals surface area contributed by atoms with E-state index >= 15 is 0 Å². The Hall–Kier alpha value is -1.65. The Balaban J connectivity index is 0.00000127. The van der Waals surface area contributed by atoms with Gasteiger partial charge in [-0.3, -0.25) is 4.79 Å². The Morgan fingerprint density at radius 1 is 1.05 bits per heavy atom. The van der Waals surface area contributed by atoms with E-state index in [9.17, 15) is 4.79 Å². The first-order valence-corrected chi connectivity index (χ1v) is 13.3. The molecule has 12 heteroatoms. The molecule has 2 saturated heterocycles. The SMILES string of the molecule is Cc1cc(N2CCN([N@@+]34C=CC=C3C=C(C(=O)N3CCSC3)C4)CC2)n(-c2ccc(Cl)cc2)n1.Cl.Cl.Cl. The lowest BCUT2D eigenvalue weighted by atomic mass is 10.2. The van der Waals surface area contributed by atoms with Crippen LogP contribution in [-0.2, 0) is 4.79 Å². The highest BCUT2D eigenvalue weighted by molar-refractivity contribution is 7.99. The molecular formula is C25H31Cl4N6OS+. The molecule has 0 N–H and O–H groups in total. The average molecular weight is 605 g/mol. The molecule has 0 saturated carbocycles. The fourth-order valence-electron chi connectivity index (χ4n) is 5.32. The number of carbonyl (C=O) groups excluding carboxylic acids is 1. The molecule has 1 atom stereocenters. The molecule has 4 aliphatic rings. The normalized spacial score (nSPS) is 22.5. The van der Waals surface area contributed by atoms with Crippen LogP contribution in [0.2, 0.25) is 5.02 Å². The van der Waals surface area contributed by atoms with Gasteiger partial charge in [-0.1, -0.05) is 11.6 Å². The molecule has 0 spiro atoms. The van der Waals surface area contributed by atoms with Crippen molar-refractivity contribution >= 4 is 72.3 Å². The van der Waals surface area contributed by atoms with E-state index in [4.69, 9.17) is 16.7 Å². The molecule has 2 aromatic rings. The number of rotatable bonds is 4. The van der Waals surface area contributed by atoms with Crippen LogP contribution in [0.4, 0.5) is 5.82 Å². The van der Waals surface area contributed by atoms with Crippen molar-refractivity contribution in [1.82, 2.24) is 19.7 Å². The molecule has 4 aliphatic heterocycles. The van der Waals surface area contributed by atoms with Gasteiger partial charge in [-0.15, -0.1) is 54.0 Å². The Morgan fingerprint density at radius 3 is 2.46 bits per heavy atom. The summed E-state index contributed by atoms with van der Waals surface area (Å²) in [6, 6.07) is 9.97. The minimum Gasteiger partial charge on any atom is -0.353 e.